The van der Waals surface area contributed by atoms with Crippen molar-refractivity contribution in [3.8, 4) is 0 Å². The van der Waals surface area contributed by atoms with Crippen molar-refractivity contribution in [2.45, 2.75) is 33.2 Å². The summed E-state index contributed by atoms with van der Waals surface area (Å²) < 4.78 is 0. The summed E-state index contributed by atoms with van der Waals surface area (Å²) in [7, 11) is 0. The lowest BCUT2D eigenvalue weighted by Gasteiger charge is -2.10. The van der Waals surface area contributed by atoms with Crippen LogP contribution in [-0.2, 0) is 0 Å². The number of nitrogens with one attached hydrogen (secondary N) is 2. The third-order valence-electron chi connectivity index (χ3n) is 1.51. The molecule has 0 aliphatic rings. The normalized spacial score (nSPS) is 11.9. The van der Waals surface area contributed by atoms with E-state index in [-0.39, 0.29) is 12.1 Å². The molecule has 3 nitrogen and oxygen atoms in total. The van der Waals surface area contributed by atoms with Gasteiger partial charge in [-0.3, -0.25) is 0 Å². The van der Waals surface area contributed by atoms with Crippen LogP contribution in [0.5, 0.6) is 0 Å². The van der Waals surface area contributed by atoms with E-state index in [0.717, 1.165) is 12.1 Å². The number of hydrogen-bond acceptors (Lipinski definition) is 1. The summed E-state index contributed by atoms with van der Waals surface area (Å²) in [5.74, 6) is 0. The molecule has 15 heavy (non-hydrogen) atoms. The fraction of sp³-hybridized carbons (Fsp3) is 0.417. The van der Waals surface area contributed by atoms with Crippen LogP contribution in [-0.4, -0.2) is 12.1 Å². The number of carbonyl (C=O) groups excluding carboxylic acids is 1. The van der Waals surface area contributed by atoms with Crippen LogP contribution in [0.15, 0.2) is 36.6 Å². The van der Waals surface area contributed by atoms with Gasteiger partial charge in [0.15, 0.2) is 0 Å². The fourth-order valence-corrected chi connectivity index (χ4v) is 0.982. The Bertz CT molecular complexity index is 265. The molecule has 0 unspecified atom stereocenters. The molecule has 0 saturated carbocycles. The van der Waals surface area contributed by atoms with E-state index in [9.17, 15) is 4.79 Å². The molecule has 0 aliphatic carbocycles. The molecule has 0 aromatic heterocycles. The second-order valence-corrected chi connectivity index (χ2v) is 3.42. The van der Waals surface area contributed by atoms with Crippen molar-refractivity contribution in [3.05, 3.63) is 36.6 Å². The van der Waals surface area contributed by atoms with Gasteiger partial charge in [0.25, 0.3) is 0 Å². The number of carbonyl (C=O) groups is 1. The maximum Gasteiger partial charge on any atom is 0.319 e. The van der Waals surface area contributed by atoms with E-state index in [0.29, 0.717) is 0 Å². The van der Waals surface area contributed by atoms with Crippen molar-refractivity contribution >= 4 is 6.03 Å². The van der Waals surface area contributed by atoms with Crippen LogP contribution in [0.3, 0.4) is 0 Å². The molecule has 0 radical (unpaired) electrons. The first-order valence-electron chi connectivity index (χ1n) is 5.17. The number of amides is 2. The zero-order valence-corrected chi connectivity index (χ0v) is 9.71. The Balaban J connectivity index is 4.29. The molecule has 0 aliphatic heterocycles. The molecule has 0 aromatic rings. The molecule has 0 aromatic carbocycles. The smallest absolute Gasteiger partial charge is 0.319 e. The number of urea groups is 1. The summed E-state index contributed by atoms with van der Waals surface area (Å²) in [6.45, 7) is 9.43. The predicted octanol–water partition coefficient (Wildman–Crippen LogP) is 2.73. The van der Waals surface area contributed by atoms with Crippen molar-refractivity contribution in [3.63, 3.8) is 0 Å². The van der Waals surface area contributed by atoms with Gasteiger partial charge in [-0.15, -0.1) is 0 Å². The SMILES string of the molecule is C=C/C=C\C(=C/CC)NC(=O)NC(C)C. The Hall–Kier alpha value is -1.51. The van der Waals surface area contributed by atoms with Crippen LogP contribution in [0.2, 0.25) is 0 Å². The molecule has 2 amide bonds. The van der Waals surface area contributed by atoms with Gasteiger partial charge in [-0.05, 0) is 26.3 Å². The zero-order chi connectivity index (χ0) is 11.7. The first kappa shape index (κ1) is 13.5. The molecule has 0 bridgehead atoms. The second-order valence-electron chi connectivity index (χ2n) is 3.42. The van der Waals surface area contributed by atoms with Crippen LogP contribution in [0.25, 0.3) is 0 Å². The molecule has 0 rings (SSSR count). The van der Waals surface area contributed by atoms with Crippen LogP contribution in [0.4, 0.5) is 4.79 Å². The molecule has 0 spiro atoms. The third-order valence-corrected chi connectivity index (χ3v) is 1.51. The van der Waals surface area contributed by atoms with E-state index in [4.69, 9.17) is 0 Å². The average molecular weight is 208 g/mol. The summed E-state index contributed by atoms with van der Waals surface area (Å²) in [5, 5.41) is 5.52. The van der Waals surface area contributed by atoms with Gasteiger partial charge in [0.2, 0.25) is 0 Å². The van der Waals surface area contributed by atoms with Crippen molar-refractivity contribution < 1.29 is 4.79 Å². The highest BCUT2D eigenvalue weighted by atomic mass is 16.2. The minimum Gasteiger partial charge on any atom is -0.336 e. The summed E-state index contributed by atoms with van der Waals surface area (Å²) in [6, 6.07) is -0.0466. The summed E-state index contributed by atoms with van der Waals surface area (Å²) in [4.78, 5) is 11.4. The fourth-order valence-electron chi connectivity index (χ4n) is 0.982. The maximum atomic E-state index is 11.4. The van der Waals surface area contributed by atoms with Crippen LogP contribution in [0.1, 0.15) is 27.2 Å². The summed E-state index contributed by atoms with van der Waals surface area (Å²) in [5.41, 5.74) is 0.788. The van der Waals surface area contributed by atoms with E-state index in [1.54, 1.807) is 12.2 Å². The lowest BCUT2D eigenvalue weighted by atomic mass is 10.3. The Labute approximate surface area is 91.9 Å². The average Bonchev–Trinajstić information content (AvgIpc) is 2.13. The Morgan fingerprint density at radius 1 is 1.47 bits per heavy atom. The van der Waals surface area contributed by atoms with E-state index < -0.39 is 0 Å². The summed E-state index contributed by atoms with van der Waals surface area (Å²) in [6.07, 6.45) is 8.10. The molecule has 0 fully saturated rings. The zero-order valence-electron chi connectivity index (χ0n) is 9.71. The van der Waals surface area contributed by atoms with Gasteiger partial charge < -0.3 is 10.6 Å². The number of hydrogen-bond donors (Lipinski definition) is 2. The first-order valence-corrected chi connectivity index (χ1v) is 5.17. The maximum absolute atomic E-state index is 11.4. The van der Waals surface area contributed by atoms with E-state index in [1.807, 2.05) is 32.9 Å². The Morgan fingerprint density at radius 2 is 2.13 bits per heavy atom. The molecule has 84 valence electrons. The number of allylic oxidation sites excluding steroid dienone is 4. The van der Waals surface area contributed by atoms with Crippen LogP contribution >= 0.6 is 0 Å². The first-order chi connectivity index (χ1) is 7.10. The highest BCUT2D eigenvalue weighted by Crippen LogP contribution is 1.95. The van der Waals surface area contributed by atoms with Crippen molar-refractivity contribution in [1.82, 2.24) is 10.6 Å². The predicted molar refractivity (Wildman–Crippen MR) is 64.5 cm³/mol. The topological polar surface area (TPSA) is 41.1 Å². The van der Waals surface area contributed by atoms with Gasteiger partial charge in [0.05, 0.1) is 0 Å². The minimum atomic E-state index is -0.182. The van der Waals surface area contributed by atoms with Crippen LogP contribution < -0.4 is 10.6 Å². The molecule has 3 heteroatoms. The number of rotatable bonds is 5. The monoisotopic (exact) mass is 208 g/mol. The standard InChI is InChI=1S/C12H20N2O/c1-5-7-9-11(8-6-2)14-12(15)13-10(3)4/h5,7-10H,1,6H2,2-4H3,(H2,13,14,15)/b9-7-,11-8+. The van der Waals surface area contributed by atoms with E-state index in [2.05, 4.69) is 17.2 Å². The largest absolute Gasteiger partial charge is 0.336 e. The van der Waals surface area contributed by atoms with E-state index in [1.165, 1.54) is 0 Å². The van der Waals surface area contributed by atoms with E-state index >= 15 is 0 Å². The molecular formula is C12H20N2O. The molecule has 0 saturated heterocycles. The quantitative estimate of drug-likeness (QED) is 0.670. The minimum absolute atomic E-state index is 0.135. The van der Waals surface area contributed by atoms with Gasteiger partial charge in [-0.1, -0.05) is 31.7 Å². The second kappa shape index (κ2) is 7.85. The van der Waals surface area contributed by atoms with Crippen molar-refractivity contribution in [1.29, 1.82) is 0 Å². The van der Waals surface area contributed by atoms with Crippen molar-refractivity contribution in [2.24, 2.45) is 0 Å². The molecule has 0 heterocycles. The molecule has 0 atom stereocenters. The van der Waals surface area contributed by atoms with Gasteiger partial charge in [0, 0.05) is 11.7 Å². The van der Waals surface area contributed by atoms with Gasteiger partial charge in [-0.2, -0.15) is 0 Å². The lowest BCUT2D eigenvalue weighted by molar-refractivity contribution is 0.241. The lowest BCUT2D eigenvalue weighted by Crippen LogP contribution is -2.38. The molecule has 2 N–H and O–H groups in total. The van der Waals surface area contributed by atoms with Crippen molar-refractivity contribution in [2.75, 3.05) is 0 Å². The highest BCUT2D eigenvalue weighted by molar-refractivity contribution is 5.76. The Morgan fingerprint density at radius 3 is 2.60 bits per heavy atom. The Kier molecular flexibility index (Phi) is 7.06. The highest BCUT2D eigenvalue weighted by Gasteiger charge is 2.02. The third kappa shape index (κ3) is 7.55. The van der Waals surface area contributed by atoms with Gasteiger partial charge in [0.1, 0.15) is 0 Å². The van der Waals surface area contributed by atoms with Gasteiger partial charge in [-0.25, -0.2) is 4.79 Å². The molecular weight excluding hydrogens is 188 g/mol. The summed E-state index contributed by atoms with van der Waals surface area (Å²) >= 11 is 0. The van der Waals surface area contributed by atoms with Gasteiger partial charge >= 0.3 is 6.03 Å². The van der Waals surface area contributed by atoms with Crippen LogP contribution in [0, 0.1) is 0 Å².